The number of fused-ring (bicyclic) bond motifs is 3. The van der Waals surface area contributed by atoms with E-state index in [1.54, 1.807) is 23.1 Å². The molecule has 0 bridgehead atoms. The van der Waals surface area contributed by atoms with E-state index >= 15 is 0 Å². The van der Waals surface area contributed by atoms with E-state index in [1.165, 1.54) is 12.3 Å². The molecule has 5 nitrogen and oxygen atoms in total. The fraction of sp³-hybridized carbons (Fsp3) is 0.150. The van der Waals surface area contributed by atoms with Gasteiger partial charge in [0, 0.05) is 28.7 Å². The molecule has 2 aromatic heterocycles. The molecule has 2 aromatic carbocycles. The van der Waals surface area contributed by atoms with Crippen LogP contribution in [0.1, 0.15) is 33.4 Å². The number of carbonyl (C=O) groups excluding carboxylic acids is 1. The molecule has 0 spiro atoms. The van der Waals surface area contributed by atoms with Gasteiger partial charge in [0.25, 0.3) is 5.91 Å². The minimum absolute atomic E-state index is 0.235. The average Bonchev–Trinajstić information content (AvgIpc) is 3.35. The van der Waals surface area contributed by atoms with E-state index < -0.39 is 6.04 Å². The lowest BCUT2D eigenvalue weighted by atomic mass is 9.92. The predicted molar refractivity (Wildman–Crippen MR) is 101 cm³/mol. The number of benzene rings is 2. The summed E-state index contributed by atoms with van der Waals surface area (Å²) in [5.41, 5.74) is 3.76. The largest absolute Gasteiger partial charge is 0.356 e. The van der Waals surface area contributed by atoms with Crippen LogP contribution in [0.2, 0.25) is 0 Å². The molecule has 134 valence electrons. The van der Waals surface area contributed by atoms with Crippen molar-refractivity contribution in [2.24, 2.45) is 0 Å². The molecule has 5 rings (SSSR count). The summed E-state index contributed by atoms with van der Waals surface area (Å²) in [5, 5.41) is 1.12. The number of carbonyl (C=O) groups is 1. The van der Waals surface area contributed by atoms with Gasteiger partial charge in [0.2, 0.25) is 0 Å². The van der Waals surface area contributed by atoms with Crippen LogP contribution in [0.5, 0.6) is 0 Å². The number of aromatic amines is 1. The van der Waals surface area contributed by atoms with E-state index in [2.05, 4.69) is 19.8 Å². The Kier molecular flexibility index (Phi) is 3.75. The first kappa shape index (κ1) is 16.1. The van der Waals surface area contributed by atoms with Gasteiger partial charge in [0.05, 0.1) is 17.9 Å². The summed E-state index contributed by atoms with van der Waals surface area (Å²) in [6.07, 6.45) is 2.17. The second-order valence-electron chi connectivity index (χ2n) is 6.53. The van der Waals surface area contributed by atoms with E-state index in [1.807, 2.05) is 18.2 Å². The highest BCUT2D eigenvalue weighted by atomic mass is 32.1. The van der Waals surface area contributed by atoms with Gasteiger partial charge in [0.15, 0.2) is 5.69 Å². The number of hydrogen-bond donors (Lipinski definition) is 1. The van der Waals surface area contributed by atoms with Crippen LogP contribution in [0.3, 0.4) is 0 Å². The topological polar surface area (TPSA) is 61.9 Å². The van der Waals surface area contributed by atoms with E-state index in [4.69, 9.17) is 0 Å². The maximum absolute atomic E-state index is 14.7. The molecule has 1 atom stereocenters. The third-order valence-corrected chi connectivity index (χ3v) is 5.55. The minimum atomic E-state index is -0.531. The van der Waals surface area contributed by atoms with Crippen LogP contribution in [0.25, 0.3) is 10.9 Å². The number of aromatic nitrogens is 3. The van der Waals surface area contributed by atoms with Gasteiger partial charge >= 0.3 is 0 Å². The Bertz CT molecular complexity index is 1140. The van der Waals surface area contributed by atoms with Crippen LogP contribution in [-0.2, 0) is 6.42 Å². The highest BCUT2D eigenvalue weighted by molar-refractivity contribution is 6.99. The first-order chi connectivity index (χ1) is 13.2. The Morgan fingerprint density at radius 3 is 2.81 bits per heavy atom. The van der Waals surface area contributed by atoms with Gasteiger partial charge in [-0.15, -0.1) is 0 Å². The Morgan fingerprint density at radius 1 is 1.19 bits per heavy atom. The minimum Gasteiger partial charge on any atom is -0.356 e. The average molecular weight is 378 g/mol. The van der Waals surface area contributed by atoms with Gasteiger partial charge in [-0.25, -0.2) is 4.39 Å². The number of hydrogen-bond acceptors (Lipinski definition) is 4. The summed E-state index contributed by atoms with van der Waals surface area (Å²) in [5.74, 6) is -0.565. The lowest BCUT2D eigenvalue weighted by Crippen LogP contribution is -2.41. The smallest absolute Gasteiger partial charge is 0.276 e. The summed E-state index contributed by atoms with van der Waals surface area (Å²) in [4.78, 5) is 18.2. The normalized spacial score (nSPS) is 16.5. The van der Waals surface area contributed by atoms with Crippen LogP contribution in [0, 0.1) is 5.82 Å². The predicted octanol–water partition coefficient (Wildman–Crippen LogP) is 3.95. The molecule has 1 N–H and O–H groups in total. The summed E-state index contributed by atoms with van der Waals surface area (Å²) in [6, 6.07) is 14.1. The van der Waals surface area contributed by atoms with E-state index in [-0.39, 0.29) is 11.7 Å². The van der Waals surface area contributed by atoms with Crippen LogP contribution in [0.15, 0.2) is 54.7 Å². The molecule has 7 heteroatoms. The van der Waals surface area contributed by atoms with Crippen molar-refractivity contribution in [1.29, 1.82) is 0 Å². The van der Waals surface area contributed by atoms with E-state index in [0.29, 0.717) is 24.2 Å². The lowest BCUT2D eigenvalue weighted by molar-refractivity contribution is 0.0684. The van der Waals surface area contributed by atoms with Crippen LogP contribution in [-0.4, -0.2) is 31.1 Å². The van der Waals surface area contributed by atoms with Crippen molar-refractivity contribution >= 4 is 28.5 Å². The second-order valence-corrected chi connectivity index (χ2v) is 7.08. The van der Waals surface area contributed by atoms with Gasteiger partial charge in [-0.2, -0.15) is 8.75 Å². The number of halogens is 1. The molecule has 1 aliphatic heterocycles. The molecule has 0 fully saturated rings. The summed E-state index contributed by atoms with van der Waals surface area (Å²) in [6.45, 7) is 0.490. The van der Waals surface area contributed by atoms with E-state index in [9.17, 15) is 9.18 Å². The third kappa shape index (κ3) is 2.54. The summed E-state index contributed by atoms with van der Waals surface area (Å²) >= 11 is 0.992. The molecule has 4 aromatic rings. The number of amides is 1. The van der Waals surface area contributed by atoms with Crippen molar-refractivity contribution in [2.75, 3.05) is 6.54 Å². The maximum atomic E-state index is 14.7. The lowest BCUT2D eigenvalue weighted by Gasteiger charge is -2.35. The Balaban J connectivity index is 1.71. The highest BCUT2D eigenvalue weighted by Gasteiger charge is 2.36. The Morgan fingerprint density at radius 2 is 2.00 bits per heavy atom. The maximum Gasteiger partial charge on any atom is 0.276 e. The Hall–Kier alpha value is -3.06. The first-order valence-corrected chi connectivity index (χ1v) is 9.39. The van der Waals surface area contributed by atoms with Gasteiger partial charge in [0.1, 0.15) is 11.9 Å². The first-order valence-electron chi connectivity index (χ1n) is 8.66. The van der Waals surface area contributed by atoms with Gasteiger partial charge in [-0.1, -0.05) is 36.4 Å². The molecule has 27 heavy (non-hydrogen) atoms. The molecule has 0 radical (unpaired) electrons. The quantitative estimate of drug-likeness (QED) is 0.575. The SMILES string of the molecule is O=C(c1cnsn1)N1CCc2c([nH]c3ccccc23)[C@@H]1c1ccccc1F. The third-order valence-electron chi connectivity index (χ3n) is 5.08. The second kappa shape index (κ2) is 6.28. The Labute approximate surface area is 158 Å². The number of para-hydroxylation sites is 1. The van der Waals surface area contributed by atoms with Crippen molar-refractivity contribution in [3.63, 3.8) is 0 Å². The summed E-state index contributed by atoms with van der Waals surface area (Å²) in [7, 11) is 0. The monoisotopic (exact) mass is 378 g/mol. The zero-order valence-electron chi connectivity index (χ0n) is 14.2. The molecule has 0 unspecified atom stereocenters. The van der Waals surface area contributed by atoms with Crippen LogP contribution < -0.4 is 0 Å². The number of nitrogens with zero attached hydrogens (tertiary/aromatic N) is 3. The van der Waals surface area contributed by atoms with Crippen molar-refractivity contribution in [2.45, 2.75) is 12.5 Å². The van der Waals surface area contributed by atoms with Crippen molar-refractivity contribution in [3.8, 4) is 0 Å². The fourth-order valence-electron chi connectivity index (χ4n) is 3.89. The molecular formula is C20H15FN4OS. The number of nitrogens with one attached hydrogen (secondary N) is 1. The van der Waals surface area contributed by atoms with Gasteiger partial charge in [-0.3, -0.25) is 4.79 Å². The zero-order chi connectivity index (χ0) is 18.4. The van der Waals surface area contributed by atoms with Crippen LogP contribution in [0.4, 0.5) is 4.39 Å². The fourth-order valence-corrected chi connectivity index (χ4v) is 4.29. The molecule has 0 aliphatic carbocycles. The molecule has 1 amide bonds. The van der Waals surface area contributed by atoms with Crippen LogP contribution >= 0.6 is 11.7 Å². The van der Waals surface area contributed by atoms with Crippen molar-refractivity contribution < 1.29 is 9.18 Å². The molecular weight excluding hydrogens is 363 g/mol. The molecule has 0 saturated carbocycles. The standard InChI is InChI=1S/C20H15FN4OS/c21-15-7-3-1-6-14(15)19-18-13(12-5-2-4-8-16(12)23-18)9-10-25(19)20(26)17-11-22-27-24-17/h1-8,11,19,23H,9-10H2/t19-/m0/s1. The zero-order valence-corrected chi connectivity index (χ0v) is 15.0. The van der Waals surface area contributed by atoms with Gasteiger partial charge in [-0.05, 0) is 24.1 Å². The van der Waals surface area contributed by atoms with E-state index in [0.717, 1.165) is 33.9 Å². The molecule has 0 saturated heterocycles. The van der Waals surface area contributed by atoms with Crippen molar-refractivity contribution in [3.05, 3.63) is 83.1 Å². The van der Waals surface area contributed by atoms with Gasteiger partial charge < -0.3 is 9.88 Å². The number of rotatable bonds is 2. The summed E-state index contributed by atoms with van der Waals surface area (Å²) < 4.78 is 22.7. The molecule has 1 aliphatic rings. The molecule has 3 heterocycles. The van der Waals surface area contributed by atoms with Crippen molar-refractivity contribution in [1.82, 2.24) is 18.6 Å². The number of H-pyrrole nitrogens is 1. The highest BCUT2D eigenvalue weighted by Crippen LogP contribution is 2.39.